The van der Waals surface area contributed by atoms with E-state index in [0.29, 0.717) is 18.3 Å². The third-order valence-corrected chi connectivity index (χ3v) is 5.68. The number of benzene rings is 1. The minimum Gasteiger partial charge on any atom is -0.368 e. The molecular weight excluding hydrogens is 250 g/mol. The van der Waals surface area contributed by atoms with Crippen LogP contribution in [-0.2, 0) is 9.53 Å². The molecule has 1 aromatic carbocycles. The molecule has 106 valence electrons. The van der Waals surface area contributed by atoms with Crippen LogP contribution >= 0.6 is 0 Å². The van der Waals surface area contributed by atoms with Crippen LogP contribution in [0.4, 0.5) is 5.69 Å². The van der Waals surface area contributed by atoms with E-state index in [9.17, 15) is 4.79 Å². The first-order valence-electron chi connectivity index (χ1n) is 7.58. The number of rotatable bonds is 1. The summed E-state index contributed by atoms with van der Waals surface area (Å²) in [5, 5.41) is 0. The first-order valence-corrected chi connectivity index (χ1v) is 7.58. The van der Waals surface area contributed by atoms with Crippen LogP contribution in [0.15, 0.2) is 24.3 Å². The maximum Gasteiger partial charge on any atom is 0.163 e. The molecule has 2 saturated heterocycles. The molecule has 20 heavy (non-hydrogen) atoms. The third kappa shape index (κ3) is 1.27. The summed E-state index contributed by atoms with van der Waals surface area (Å²) >= 11 is 0. The number of hydrogen-bond acceptors (Lipinski definition) is 3. The van der Waals surface area contributed by atoms with E-state index in [0.717, 1.165) is 6.42 Å². The molecule has 0 unspecified atom stereocenters. The van der Waals surface area contributed by atoms with Gasteiger partial charge in [-0.05, 0) is 24.0 Å². The Hall–Kier alpha value is -1.35. The van der Waals surface area contributed by atoms with Gasteiger partial charge in [0.2, 0.25) is 0 Å². The van der Waals surface area contributed by atoms with Gasteiger partial charge in [-0.2, -0.15) is 0 Å². The average Bonchev–Trinajstić information content (AvgIpc) is 2.90. The van der Waals surface area contributed by atoms with Crippen molar-refractivity contribution in [2.45, 2.75) is 50.4 Å². The van der Waals surface area contributed by atoms with Gasteiger partial charge in [-0.15, -0.1) is 0 Å². The van der Waals surface area contributed by atoms with E-state index in [1.54, 1.807) is 0 Å². The Morgan fingerprint density at radius 2 is 2.10 bits per heavy atom. The van der Waals surface area contributed by atoms with E-state index in [2.05, 4.69) is 50.1 Å². The third-order valence-electron chi connectivity index (χ3n) is 5.68. The molecule has 0 radical (unpaired) electrons. The molecule has 2 fully saturated rings. The maximum atomic E-state index is 12.3. The molecule has 1 aromatic rings. The van der Waals surface area contributed by atoms with Crippen LogP contribution in [0, 0.1) is 5.92 Å². The van der Waals surface area contributed by atoms with Gasteiger partial charge < -0.3 is 9.64 Å². The second-order valence-electron chi connectivity index (χ2n) is 6.75. The quantitative estimate of drug-likeness (QED) is 0.786. The number of ether oxygens (including phenoxy) is 1. The summed E-state index contributed by atoms with van der Waals surface area (Å²) in [4.78, 5) is 14.6. The van der Waals surface area contributed by atoms with Gasteiger partial charge in [-0.3, -0.25) is 4.79 Å². The summed E-state index contributed by atoms with van der Waals surface area (Å²) in [6.07, 6.45) is 1.29. The fourth-order valence-corrected chi connectivity index (χ4v) is 4.66. The van der Waals surface area contributed by atoms with Crippen LogP contribution in [0.2, 0.25) is 0 Å². The van der Waals surface area contributed by atoms with Crippen LogP contribution in [0.25, 0.3) is 0 Å². The predicted octanol–water partition coefficient (Wildman–Crippen LogP) is 2.75. The molecule has 2 bridgehead atoms. The van der Waals surface area contributed by atoms with Crippen molar-refractivity contribution in [3.63, 3.8) is 0 Å². The van der Waals surface area contributed by atoms with Crippen LogP contribution in [0.3, 0.4) is 0 Å². The van der Waals surface area contributed by atoms with Crippen LogP contribution in [0.1, 0.15) is 38.2 Å². The molecule has 3 heteroatoms. The highest BCUT2D eigenvalue weighted by Gasteiger charge is 2.64. The summed E-state index contributed by atoms with van der Waals surface area (Å²) in [5.74, 6) is 1.04. The van der Waals surface area contributed by atoms with Crippen molar-refractivity contribution < 1.29 is 9.53 Å². The lowest BCUT2D eigenvalue weighted by atomic mass is 9.73. The average molecular weight is 271 g/mol. The largest absolute Gasteiger partial charge is 0.368 e. The molecular formula is C17H21NO2. The second-order valence-corrected chi connectivity index (χ2v) is 6.75. The molecule has 3 aliphatic heterocycles. The second kappa shape index (κ2) is 3.85. The number of likely N-dealkylation sites (N-methyl/N-ethyl adjacent to an activating group) is 1. The lowest BCUT2D eigenvalue weighted by Gasteiger charge is -2.40. The van der Waals surface area contributed by atoms with Crippen molar-refractivity contribution >= 4 is 11.5 Å². The van der Waals surface area contributed by atoms with E-state index < -0.39 is 0 Å². The Bertz CT molecular complexity index is 582. The van der Waals surface area contributed by atoms with E-state index in [1.165, 1.54) is 11.3 Å². The Kier molecular flexibility index (Phi) is 2.39. The Balaban J connectivity index is 1.92. The van der Waals surface area contributed by atoms with Crippen molar-refractivity contribution in [3.05, 3.63) is 29.8 Å². The van der Waals surface area contributed by atoms with Crippen LogP contribution in [0.5, 0.6) is 0 Å². The summed E-state index contributed by atoms with van der Waals surface area (Å²) in [6, 6.07) is 8.76. The van der Waals surface area contributed by atoms with Crippen molar-refractivity contribution in [3.8, 4) is 0 Å². The number of carbonyl (C=O) groups is 1. The van der Waals surface area contributed by atoms with Gasteiger partial charge in [0.15, 0.2) is 5.78 Å². The standard InChI is InChI=1S/C17H21NO2/c1-10(2)17-9-8-13(19)16(20-17)15-14(17)11-6-4-5-7-12(11)18(15)3/h4-7,10,14-16H,8-9H2,1-3H3/t14-,15+,16-,17-/m0/s1. The number of hydrogen-bond donors (Lipinski definition) is 0. The fraction of sp³-hybridized carbons (Fsp3) is 0.588. The van der Waals surface area contributed by atoms with Gasteiger partial charge in [0.25, 0.3) is 0 Å². The molecule has 0 aliphatic carbocycles. The highest BCUT2D eigenvalue weighted by Crippen LogP contribution is 2.59. The first kappa shape index (κ1) is 12.4. The first-order chi connectivity index (χ1) is 9.56. The van der Waals surface area contributed by atoms with Crippen molar-refractivity contribution in [2.24, 2.45) is 5.92 Å². The lowest BCUT2D eigenvalue weighted by Crippen LogP contribution is -2.45. The summed E-state index contributed by atoms with van der Waals surface area (Å²) in [6.45, 7) is 4.46. The van der Waals surface area contributed by atoms with Gasteiger partial charge in [0.1, 0.15) is 6.10 Å². The van der Waals surface area contributed by atoms with Crippen molar-refractivity contribution in [2.75, 3.05) is 11.9 Å². The summed E-state index contributed by atoms with van der Waals surface area (Å²) in [7, 11) is 2.11. The maximum absolute atomic E-state index is 12.3. The molecule has 3 heterocycles. The Labute approximate surface area is 119 Å². The van der Waals surface area contributed by atoms with Crippen LogP contribution < -0.4 is 4.90 Å². The zero-order valence-electron chi connectivity index (χ0n) is 12.3. The molecule has 4 atom stereocenters. The molecule has 3 aliphatic rings. The van der Waals surface area contributed by atoms with Crippen molar-refractivity contribution in [1.82, 2.24) is 0 Å². The molecule has 4 rings (SSSR count). The summed E-state index contributed by atoms with van der Waals surface area (Å²) < 4.78 is 6.36. The minimum atomic E-state index is -0.242. The predicted molar refractivity (Wildman–Crippen MR) is 78.1 cm³/mol. The monoisotopic (exact) mass is 271 g/mol. The van der Waals surface area contributed by atoms with E-state index in [-0.39, 0.29) is 23.5 Å². The topological polar surface area (TPSA) is 29.5 Å². The highest BCUT2D eigenvalue weighted by molar-refractivity contribution is 5.88. The van der Waals surface area contributed by atoms with E-state index in [1.807, 2.05) is 0 Å². The molecule has 0 N–H and O–H groups in total. The molecule has 0 amide bonds. The van der Waals surface area contributed by atoms with E-state index >= 15 is 0 Å². The number of nitrogens with zero attached hydrogens (tertiary/aromatic N) is 1. The zero-order valence-corrected chi connectivity index (χ0v) is 12.3. The van der Waals surface area contributed by atoms with Gasteiger partial charge in [-0.1, -0.05) is 32.0 Å². The van der Waals surface area contributed by atoms with Crippen LogP contribution in [-0.4, -0.2) is 30.6 Å². The summed E-state index contributed by atoms with van der Waals surface area (Å²) in [5.41, 5.74) is 2.48. The van der Waals surface area contributed by atoms with Gasteiger partial charge in [0, 0.05) is 25.1 Å². The highest BCUT2D eigenvalue weighted by atomic mass is 16.5. The van der Waals surface area contributed by atoms with Crippen molar-refractivity contribution in [1.29, 1.82) is 0 Å². The molecule has 0 saturated carbocycles. The van der Waals surface area contributed by atoms with Gasteiger partial charge in [0.05, 0.1) is 11.6 Å². The number of para-hydroxylation sites is 1. The molecule has 0 aromatic heterocycles. The molecule has 0 spiro atoms. The minimum absolute atomic E-state index is 0.163. The van der Waals surface area contributed by atoms with Gasteiger partial charge >= 0.3 is 0 Å². The number of ketones is 1. The Morgan fingerprint density at radius 3 is 2.85 bits per heavy atom. The van der Waals surface area contributed by atoms with Gasteiger partial charge in [-0.25, -0.2) is 0 Å². The molecule has 3 nitrogen and oxygen atoms in total. The number of anilines is 1. The normalized spacial score (nSPS) is 38.3. The number of Topliss-reactive ketones (excluding diaryl/α,β-unsaturated/α-hetero) is 1. The SMILES string of the molecule is CC(C)[C@]12CCC(=O)[C@H](O1)[C@H]1[C@@H]2c2ccccc2N1C. The number of fused-ring (bicyclic) bond motifs is 7. The zero-order chi connectivity index (χ0) is 14.1. The lowest BCUT2D eigenvalue weighted by molar-refractivity contribution is -0.153. The fourth-order valence-electron chi connectivity index (χ4n) is 4.66. The Morgan fingerprint density at radius 1 is 1.35 bits per heavy atom. The van der Waals surface area contributed by atoms with E-state index in [4.69, 9.17) is 4.74 Å². The number of carbonyl (C=O) groups excluding carboxylic acids is 1. The smallest absolute Gasteiger partial charge is 0.163 e.